The largest absolute Gasteiger partial charge is 0.353 e. The molecular weight excluding hydrogens is 230 g/mol. The van der Waals surface area contributed by atoms with Gasteiger partial charge in [0.25, 0.3) is 0 Å². The van der Waals surface area contributed by atoms with Crippen LogP contribution in [0.15, 0.2) is 12.4 Å². The molecule has 17 heavy (non-hydrogen) atoms. The normalized spacial score (nSPS) is 13.0. The molecule has 0 radical (unpaired) electrons. The zero-order valence-corrected chi connectivity index (χ0v) is 12.3. The Morgan fingerprint density at radius 2 is 2.18 bits per heavy atom. The Labute approximate surface area is 109 Å². The quantitative estimate of drug-likeness (QED) is 0.721. The van der Waals surface area contributed by atoms with E-state index in [1.807, 2.05) is 18.0 Å². The van der Waals surface area contributed by atoms with Gasteiger partial charge >= 0.3 is 0 Å². The maximum absolute atomic E-state index is 4.38. The molecule has 0 fully saturated rings. The van der Waals surface area contributed by atoms with Crippen LogP contribution in [0.5, 0.6) is 0 Å². The average Bonchev–Trinajstić information content (AvgIpc) is 2.65. The molecule has 1 aromatic heterocycles. The van der Waals surface area contributed by atoms with Gasteiger partial charge in [-0.3, -0.25) is 0 Å². The van der Waals surface area contributed by atoms with E-state index in [1.165, 1.54) is 17.9 Å². The van der Waals surface area contributed by atoms with Crippen molar-refractivity contribution in [3.05, 3.63) is 12.4 Å². The molecule has 1 N–H and O–H groups in total. The zero-order valence-electron chi connectivity index (χ0n) is 11.4. The van der Waals surface area contributed by atoms with Crippen LogP contribution in [0.2, 0.25) is 0 Å². The predicted octanol–water partition coefficient (Wildman–Crippen LogP) is 3.48. The van der Waals surface area contributed by atoms with Crippen LogP contribution >= 0.6 is 11.8 Å². The number of anilines is 1. The van der Waals surface area contributed by atoms with Gasteiger partial charge in [-0.1, -0.05) is 20.8 Å². The second-order valence-electron chi connectivity index (χ2n) is 4.83. The monoisotopic (exact) mass is 255 g/mol. The Morgan fingerprint density at radius 1 is 1.41 bits per heavy atom. The van der Waals surface area contributed by atoms with E-state index in [4.69, 9.17) is 0 Å². The molecule has 0 aromatic carbocycles. The lowest BCUT2D eigenvalue weighted by molar-refractivity contribution is 0.524. The molecule has 0 saturated heterocycles. The van der Waals surface area contributed by atoms with E-state index < -0.39 is 0 Å². The first-order valence-corrected chi connectivity index (χ1v) is 7.64. The fourth-order valence-corrected chi connectivity index (χ4v) is 2.50. The van der Waals surface area contributed by atoms with Crippen LogP contribution < -0.4 is 5.32 Å². The summed E-state index contributed by atoms with van der Waals surface area (Å²) in [5.41, 5.74) is 0. The second kappa shape index (κ2) is 7.64. The lowest BCUT2D eigenvalue weighted by Crippen LogP contribution is -2.20. The van der Waals surface area contributed by atoms with Crippen molar-refractivity contribution in [3.63, 3.8) is 0 Å². The lowest BCUT2D eigenvalue weighted by atomic mass is 10.2. The fourth-order valence-electron chi connectivity index (χ4n) is 1.69. The van der Waals surface area contributed by atoms with E-state index in [0.29, 0.717) is 12.0 Å². The number of nitrogens with one attached hydrogen (secondary N) is 1. The Hall–Kier alpha value is -0.640. The first-order valence-electron chi connectivity index (χ1n) is 6.48. The second-order valence-corrected chi connectivity index (χ2v) is 6.22. The van der Waals surface area contributed by atoms with Gasteiger partial charge in [-0.05, 0) is 30.8 Å². The topological polar surface area (TPSA) is 29.9 Å². The highest BCUT2D eigenvalue weighted by atomic mass is 32.2. The number of hydrogen-bond donors (Lipinski definition) is 1. The van der Waals surface area contributed by atoms with E-state index in [0.717, 1.165) is 12.5 Å². The van der Waals surface area contributed by atoms with Crippen molar-refractivity contribution < 1.29 is 0 Å². The zero-order chi connectivity index (χ0) is 12.7. The summed E-state index contributed by atoms with van der Waals surface area (Å²) in [4.78, 5) is 4.38. The summed E-state index contributed by atoms with van der Waals surface area (Å²) in [6.07, 6.45) is 5.11. The molecule has 0 bridgehead atoms. The van der Waals surface area contributed by atoms with Gasteiger partial charge in [0.1, 0.15) is 0 Å². The SMILES string of the molecule is CCSCCC(C)Nc1nccn1CC(C)C. The Kier molecular flexibility index (Phi) is 6.48. The fraction of sp³-hybridized carbons (Fsp3) is 0.769. The number of thioether (sulfide) groups is 1. The third kappa shape index (κ3) is 5.48. The van der Waals surface area contributed by atoms with Crippen LogP contribution in [-0.4, -0.2) is 27.1 Å². The van der Waals surface area contributed by atoms with Crippen LogP contribution in [0.1, 0.15) is 34.1 Å². The van der Waals surface area contributed by atoms with E-state index in [9.17, 15) is 0 Å². The summed E-state index contributed by atoms with van der Waals surface area (Å²) >= 11 is 2.00. The summed E-state index contributed by atoms with van der Waals surface area (Å²) in [5.74, 6) is 4.08. The van der Waals surface area contributed by atoms with Gasteiger partial charge in [0, 0.05) is 25.0 Å². The minimum absolute atomic E-state index is 0.488. The molecule has 0 aliphatic rings. The molecule has 1 rings (SSSR count). The minimum Gasteiger partial charge on any atom is -0.353 e. The van der Waals surface area contributed by atoms with Gasteiger partial charge < -0.3 is 9.88 Å². The number of rotatable bonds is 8. The van der Waals surface area contributed by atoms with Crippen LogP contribution in [0, 0.1) is 5.92 Å². The molecular formula is C13H25N3S. The third-order valence-corrected chi connectivity index (χ3v) is 3.48. The standard InChI is InChI=1S/C13H25N3S/c1-5-17-9-6-12(4)15-13-14-7-8-16(13)10-11(2)3/h7-8,11-12H,5-6,9-10H2,1-4H3,(H,14,15). The molecule has 4 heteroatoms. The Balaban J connectivity index is 2.41. The van der Waals surface area contributed by atoms with Crippen molar-refractivity contribution in [2.24, 2.45) is 5.92 Å². The summed E-state index contributed by atoms with van der Waals surface area (Å²) in [7, 11) is 0. The molecule has 1 atom stereocenters. The number of aromatic nitrogens is 2. The highest BCUT2D eigenvalue weighted by molar-refractivity contribution is 7.99. The summed E-state index contributed by atoms with van der Waals surface area (Å²) < 4.78 is 2.20. The van der Waals surface area contributed by atoms with Crippen molar-refractivity contribution in [3.8, 4) is 0 Å². The lowest BCUT2D eigenvalue weighted by Gasteiger charge is -2.16. The summed E-state index contributed by atoms with van der Waals surface area (Å²) in [5, 5.41) is 3.49. The van der Waals surface area contributed by atoms with Crippen molar-refractivity contribution in [1.82, 2.24) is 9.55 Å². The molecule has 3 nitrogen and oxygen atoms in total. The van der Waals surface area contributed by atoms with Crippen molar-refractivity contribution >= 4 is 17.7 Å². The first-order chi connectivity index (χ1) is 8.13. The van der Waals surface area contributed by atoms with Crippen LogP contribution in [-0.2, 0) is 6.54 Å². The summed E-state index contributed by atoms with van der Waals surface area (Å²) in [6.45, 7) is 9.91. The van der Waals surface area contributed by atoms with Crippen molar-refractivity contribution in [2.45, 2.75) is 46.7 Å². The third-order valence-electron chi connectivity index (χ3n) is 2.55. The van der Waals surface area contributed by atoms with E-state index in [2.05, 4.69) is 48.8 Å². The van der Waals surface area contributed by atoms with Gasteiger partial charge in [-0.15, -0.1) is 0 Å². The van der Waals surface area contributed by atoms with Gasteiger partial charge in [0.05, 0.1) is 0 Å². The Bertz CT molecular complexity index is 309. The number of nitrogens with zero attached hydrogens (tertiary/aromatic N) is 2. The Morgan fingerprint density at radius 3 is 2.82 bits per heavy atom. The predicted molar refractivity (Wildman–Crippen MR) is 77.8 cm³/mol. The molecule has 1 aromatic rings. The van der Waals surface area contributed by atoms with Gasteiger partial charge in [0.2, 0.25) is 5.95 Å². The molecule has 0 aliphatic carbocycles. The smallest absolute Gasteiger partial charge is 0.202 e. The molecule has 1 heterocycles. The highest BCUT2D eigenvalue weighted by Crippen LogP contribution is 2.12. The van der Waals surface area contributed by atoms with Gasteiger partial charge in [-0.2, -0.15) is 11.8 Å². The van der Waals surface area contributed by atoms with Crippen molar-refractivity contribution in [2.75, 3.05) is 16.8 Å². The maximum atomic E-state index is 4.38. The summed E-state index contributed by atoms with van der Waals surface area (Å²) in [6, 6.07) is 0.488. The van der Waals surface area contributed by atoms with Gasteiger partial charge in [0.15, 0.2) is 0 Å². The molecule has 0 amide bonds. The molecule has 1 unspecified atom stereocenters. The minimum atomic E-state index is 0.488. The molecule has 98 valence electrons. The average molecular weight is 255 g/mol. The van der Waals surface area contributed by atoms with E-state index in [1.54, 1.807) is 0 Å². The van der Waals surface area contributed by atoms with Crippen LogP contribution in [0.4, 0.5) is 5.95 Å². The number of hydrogen-bond acceptors (Lipinski definition) is 3. The van der Waals surface area contributed by atoms with Gasteiger partial charge in [-0.25, -0.2) is 4.98 Å². The van der Waals surface area contributed by atoms with Crippen LogP contribution in [0.3, 0.4) is 0 Å². The van der Waals surface area contributed by atoms with E-state index in [-0.39, 0.29) is 0 Å². The highest BCUT2D eigenvalue weighted by Gasteiger charge is 2.07. The van der Waals surface area contributed by atoms with Crippen LogP contribution in [0.25, 0.3) is 0 Å². The van der Waals surface area contributed by atoms with E-state index >= 15 is 0 Å². The first kappa shape index (κ1) is 14.4. The molecule has 0 spiro atoms. The van der Waals surface area contributed by atoms with Crippen molar-refractivity contribution in [1.29, 1.82) is 0 Å². The molecule has 0 aliphatic heterocycles. The maximum Gasteiger partial charge on any atom is 0.202 e. The molecule has 0 saturated carbocycles. The number of imidazole rings is 1.